The van der Waals surface area contributed by atoms with E-state index >= 15 is 0 Å². The lowest BCUT2D eigenvalue weighted by Crippen LogP contribution is -2.41. The number of hydrogen-bond donors (Lipinski definition) is 1. The number of ether oxygens (including phenoxy) is 1. The van der Waals surface area contributed by atoms with Gasteiger partial charge in [-0.15, -0.1) is 13.2 Å². The SMILES string of the molecule is C=CCC(O)(CC=C)c1ccc(CN(CCN2CCOCC2)Cc2ccc(F)cc2)o1. The van der Waals surface area contributed by atoms with Crippen LogP contribution in [0, 0.1) is 5.82 Å². The molecular formula is C25H33FN2O3. The topological polar surface area (TPSA) is 49.1 Å². The van der Waals surface area contributed by atoms with Crippen LogP contribution in [-0.2, 0) is 23.4 Å². The number of hydrogen-bond acceptors (Lipinski definition) is 5. The molecule has 0 radical (unpaired) electrons. The van der Waals surface area contributed by atoms with Crippen molar-refractivity contribution in [2.75, 3.05) is 39.4 Å². The van der Waals surface area contributed by atoms with E-state index in [0.29, 0.717) is 31.7 Å². The Morgan fingerprint density at radius 3 is 2.35 bits per heavy atom. The summed E-state index contributed by atoms with van der Waals surface area (Å²) in [5, 5.41) is 11.0. The molecular weight excluding hydrogens is 395 g/mol. The first kappa shape index (κ1) is 23.4. The zero-order chi connectivity index (χ0) is 22.1. The second-order valence-electron chi connectivity index (χ2n) is 8.07. The van der Waals surface area contributed by atoms with E-state index in [4.69, 9.17) is 9.15 Å². The van der Waals surface area contributed by atoms with Gasteiger partial charge in [0, 0.05) is 45.6 Å². The average molecular weight is 429 g/mol. The van der Waals surface area contributed by atoms with Crippen molar-refractivity contribution in [3.05, 3.63) is 84.6 Å². The van der Waals surface area contributed by atoms with Gasteiger partial charge in [-0.1, -0.05) is 24.3 Å². The van der Waals surface area contributed by atoms with Crippen LogP contribution in [0.2, 0.25) is 0 Å². The lowest BCUT2D eigenvalue weighted by atomic mass is 9.93. The van der Waals surface area contributed by atoms with Crippen molar-refractivity contribution < 1.29 is 18.7 Å². The first-order valence-electron chi connectivity index (χ1n) is 10.8. The number of furan rings is 1. The summed E-state index contributed by atoms with van der Waals surface area (Å²) >= 11 is 0. The van der Waals surface area contributed by atoms with E-state index in [1.165, 1.54) is 12.1 Å². The first-order valence-corrected chi connectivity index (χ1v) is 10.8. The molecule has 0 atom stereocenters. The third-order valence-corrected chi connectivity index (χ3v) is 5.62. The molecule has 0 saturated carbocycles. The maximum atomic E-state index is 13.3. The van der Waals surface area contributed by atoms with E-state index in [0.717, 1.165) is 50.7 Å². The van der Waals surface area contributed by atoms with Crippen LogP contribution in [0.1, 0.15) is 29.9 Å². The highest BCUT2D eigenvalue weighted by atomic mass is 19.1. The van der Waals surface area contributed by atoms with Gasteiger partial charge in [-0.2, -0.15) is 0 Å². The van der Waals surface area contributed by atoms with Gasteiger partial charge in [-0.3, -0.25) is 9.80 Å². The highest BCUT2D eigenvalue weighted by Gasteiger charge is 2.30. The summed E-state index contributed by atoms with van der Waals surface area (Å²) in [4.78, 5) is 4.67. The smallest absolute Gasteiger partial charge is 0.136 e. The second-order valence-corrected chi connectivity index (χ2v) is 8.07. The zero-order valence-electron chi connectivity index (χ0n) is 18.1. The largest absolute Gasteiger partial charge is 0.462 e. The molecule has 168 valence electrons. The van der Waals surface area contributed by atoms with E-state index in [-0.39, 0.29) is 5.82 Å². The fourth-order valence-electron chi connectivity index (χ4n) is 3.87. The van der Waals surface area contributed by atoms with Gasteiger partial charge in [0.1, 0.15) is 22.9 Å². The Hall–Kier alpha value is -2.25. The molecule has 2 aromatic rings. The molecule has 0 amide bonds. The monoisotopic (exact) mass is 428 g/mol. The summed E-state index contributed by atoms with van der Waals surface area (Å²) in [6.45, 7) is 14.0. The van der Waals surface area contributed by atoms with Gasteiger partial charge in [0.25, 0.3) is 0 Å². The number of rotatable bonds is 12. The lowest BCUT2D eigenvalue weighted by Gasteiger charge is -2.30. The number of benzene rings is 1. The van der Waals surface area contributed by atoms with Gasteiger partial charge >= 0.3 is 0 Å². The molecule has 0 bridgehead atoms. The summed E-state index contributed by atoms with van der Waals surface area (Å²) in [7, 11) is 0. The number of aliphatic hydroxyl groups is 1. The van der Waals surface area contributed by atoms with E-state index in [2.05, 4.69) is 23.0 Å². The average Bonchev–Trinajstić information content (AvgIpc) is 3.24. The maximum absolute atomic E-state index is 13.3. The van der Waals surface area contributed by atoms with Gasteiger partial charge in [0.15, 0.2) is 0 Å². The fourth-order valence-corrected chi connectivity index (χ4v) is 3.87. The van der Waals surface area contributed by atoms with Gasteiger partial charge < -0.3 is 14.3 Å². The van der Waals surface area contributed by atoms with E-state index in [9.17, 15) is 9.50 Å². The maximum Gasteiger partial charge on any atom is 0.136 e. The van der Waals surface area contributed by atoms with Crippen molar-refractivity contribution in [3.8, 4) is 0 Å². The third-order valence-electron chi connectivity index (χ3n) is 5.62. The molecule has 1 aliphatic heterocycles. The van der Waals surface area contributed by atoms with Gasteiger partial charge in [-0.25, -0.2) is 4.39 Å². The lowest BCUT2D eigenvalue weighted by molar-refractivity contribution is 0.0180. The highest BCUT2D eigenvalue weighted by Crippen LogP contribution is 2.31. The second kappa shape index (κ2) is 11.4. The van der Waals surface area contributed by atoms with E-state index in [1.807, 2.05) is 24.3 Å². The van der Waals surface area contributed by atoms with E-state index in [1.54, 1.807) is 12.2 Å². The minimum Gasteiger partial charge on any atom is -0.462 e. The highest BCUT2D eigenvalue weighted by molar-refractivity contribution is 5.18. The Morgan fingerprint density at radius 1 is 1.03 bits per heavy atom. The first-order chi connectivity index (χ1) is 15.0. The van der Waals surface area contributed by atoms with Crippen LogP contribution in [0.15, 0.2) is 66.1 Å². The van der Waals surface area contributed by atoms with Crippen LogP contribution >= 0.6 is 0 Å². The van der Waals surface area contributed by atoms with Gasteiger partial charge in [0.2, 0.25) is 0 Å². The summed E-state index contributed by atoms with van der Waals surface area (Å²) in [6.07, 6.45) is 4.16. The molecule has 0 spiro atoms. The molecule has 0 unspecified atom stereocenters. The predicted octanol–water partition coefficient (Wildman–Crippen LogP) is 4.09. The van der Waals surface area contributed by atoms with Crippen molar-refractivity contribution in [1.29, 1.82) is 0 Å². The number of nitrogens with zero attached hydrogens (tertiary/aromatic N) is 2. The quantitative estimate of drug-likeness (QED) is 0.516. The van der Waals surface area contributed by atoms with Crippen LogP contribution in [0.3, 0.4) is 0 Å². The normalized spacial score (nSPS) is 15.3. The van der Waals surface area contributed by atoms with Crippen LogP contribution in [0.25, 0.3) is 0 Å². The zero-order valence-corrected chi connectivity index (χ0v) is 18.1. The third kappa shape index (κ3) is 6.87. The van der Waals surface area contributed by atoms with Crippen molar-refractivity contribution in [1.82, 2.24) is 9.80 Å². The standard InChI is InChI=1S/C25H33FN2O3/c1-3-11-25(29,12-4-2)24-10-9-23(31-24)20-28(14-13-27-15-17-30-18-16-27)19-21-5-7-22(26)8-6-21/h3-10,29H,1-2,11-20H2. The molecule has 1 aromatic carbocycles. The molecule has 1 saturated heterocycles. The molecule has 1 N–H and O–H groups in total. The Balaban J connectivity index is 1.70. The summed E-state index contributed by atoms with van der Waals surface area (Å²) in [5.74, 6) is 1.07. The Labute approximate surface area is 184 Å². The molecule has 1 fully saturated rings. The molecule has 1 aliphatic rings. The van der Waals surface area contributed by atoms with Crippen LogP contribution in [0.4, 0.5) is 4.39 Å². The molecule has 5 nitrogen and oxygen atoms in total. The number of morpholine rings is 1. The summed E-state index contributed by atoms with van der Waals surface area (Å²) in [5.41, 5.74) is -0.0814. The van der Waals surface area contributed by atoms with Crippen molar-refractivity contribution in [2.24, 2.45) is 0 Å². The molecule has 2 heterocycles. The predicted molar refractivity (Wildman–Crippen MR) is 120 cm³/mol. The van der Waals surface area contributed by atoms with Crippen LogP contribution in [0.5, 0.6) is 0 Å². The number of halogens is 1. The van der Waals surface area contributed by atoms with Crippen molar-refractivity contribution >= 4 is 0 Å². The Bertz CT molecular complexity index is 818. The van der Waals surface area contributed by atoms with Gasteiger partial charge in [0.05, 0.1) is 19.8 Å². The minimum absolute atomic E-state index is 0.233. The van der Waals surface area contributed by atoms with Crippen molar-refractivity contribution in [3.63, 3.8) is 0 Å². The van der Waals surface area contributed by atoms with Crippen LogP contribution in [-0.4, -0.2) is 54.3 Å². The Morgan fingerprint density at radius 2 is 1.71 bits per heavy atom. The minimum atomic E-state index is -1.13. The van der Waals surface area contributed by atoms with E-state index < -0.39 is 5.60 Å². The van der Waals surface area contributed by atoms with Crippen LogP contribution < -0.4 is 0 Å². The molecule has 1 aromatic heterocycles. The molecule has 6 heteroatoms. The summed E-state index contributed by atoms with van der Waals surface area (Å²) in [6, 6.07) is 10.4. The Kier molecular flexibility index (Phi) is 8.60. The van der Waals surface area contributed by atoms with Crippen molar-refractivity contribution in [2.45, 2.75) is 31.5 Å². The summed E-state index contributed by atoms with van der Waals surface area (Å²) < 4.78 is 24.8. The van der Waals surface area contributed by atoms with Gasteiger partial charge in [-0.05, 0) is 29.8 Å². The molecule has 0 aliphatic carbocycles. The molecule has 3 rings (SSSR count). The molecule has 31 heavy (non-hydrogen) atoms. The fraction of sp³-hybridized carbons (Fsp3) is 0.440.